The van der Waals surface area contributed by atoms with Crippen molar-refractivity contribution >= 4 is 50.4 Å². The molecular formula is C40H46N4Ni. The minimum Gasteiger partial charge on any atom is -0.657 e. The number of nitrogens with zero attached hydrogens (tertiary/aromatic N) is 4. The van der Waals surface area contributed by atoms with E-state index in [1.165, 1.54) is 44.5 Å². The van der Waals surface area contributed by atoms with E-state index in [4.69, 9.17) is 26.4 Å². The number of hydrogen-bond acceptors (Lipinski definition) is 2. The van der Waals surface area contributed by atoms with E-state index in [0.717, 1.165) is 102 Å². The molecule has 2 aliphatic rings. The van der Waals surface area contributed by atoms with Crippen LogP contribution in [0.3, 0.4) is 0 Å². The van der Waals surface area contributed by atoms with E-state index in [1.807, 2.05) is 6.08 Å². The molecule has 3 aromatic heterocycles. The zero-order valence-electron chi connectivity index (χ0n) is 28.2. The Kier molecular flexibility index (Phi) is 11.2. The molecule has 8 bridgehead atoms. The van der Waals surface area contributed by atoms with E-state index in [1.54, 1.807) is 6.08 Å². The van der Waals surface area contributed by atoms with Crippen LogP contribution >= 0.6 is 0 Å². The second kappa shape index (κ2) is 14.7. The number of aromatic nitrogens is 4. The van der Waals surface area contributed by atoms with Gasteiger partial charge in [0.15, 0.2) is 0 Å². The largest absolute Gasteiger partial charge is 2.00 e. The molecule has 5 heteroatoms. The number of allylic oxidation sites excluding steroid dienone is 5. The fourth-order valence-electron chi connectivity index (χ4n) is 7.33. The van der Waals surface area contributed by atoms with Crippen LogP contribution in [0.25, 0.3) is 50.4 Å². The molecule has 0 spiro atoms. The molecule has 0 aliphatic carbocycles. The minimum atomic E-state index is 0. The summed E-state index contributed by atoms with van der Waals surface area (Å²) in [6, 6.07) is 6.68. The van der Waals surface area contributed by atoms with Gasteiger partial charge < -0.3 is 9.97 Å². The Morgan fingerprint density at radius 1 is 0.578 bits per heavy atom. The van der Waals surface area contributed by atoms with Crippen molar-refractivity contribution in [3.05, 3.63) is 74.9 Å². The van der Waals surface area contributed by atoms with Crippen LogP contribution in [0.5, 0.6) is 0 Å². The van der Waals surface area contributed by atoms with Crippen LogP contribution in [0, 0.1) is 12.3 Å². The van der Waals surface area contributed by atoms with E-state index >= 15 is 0 Å². The van der Waals surface area contributed by atoms with Crippen LogP contribution in [0.2, 0.25) is 0 Å². The molecule has 0 atom stereocenters. The maximum Gasteiger partial charge on any atom is 2.00 e. The van der Waals surface area contributed by atoms with E-state index in [0.29, 0.717) is 0 Å². The monoisotopic (exact) mass is 640 g/mol. The van der Waals surface area contributed by atoms with E-state index in [-0.39, 0.29) is 16.5 Å². The summed E-state index contributed by atoms with van der Waals surface area (Å²) in [7, 11) is 0. The zero-order valence-corrected chi connectivity index (χ0v) is 29.2. The second-order valence-electron chi connectivity index (χ2n) is 11.5. The Labute approximate surface area is 279 Å². The Morgan fingerprint density at radius 2 is 1.00 bits per heavy atom. The quantitative estimate of drug-likeness (QED) is 0.172. The molecule has 5 heterocycles. The van der Waals surface area contributed by atoms with Gasteiger partial charge in [-0.25, -0.2) is 9.97 Å². The van der Waals surface area contributed by atoms with E-state index in [9.17, 15) is 0 Å². The van der Waals surface area contributed by atoms with Gasteiger partial charge in [-0.2, -0.15) is 0 Å². The van der Waals surface area contributed by atoms with Crippen LogP contribution in [-0.2, 0) is 42.2 Å². The fourth-order valence-corrected chi connectivity index (χ4v) is 7.33. The maximum absolute atomic E-state index is 5.79. The molecular weight excluding hydrogens is 595 g/mol. The third-order valence-electron chi connectivity index (χ3n) is 9.34. The van der Waals surface area contributed by atoms with Gasteiger partial charge in [0, 0.05) is 0 Å². The first-order chi connectivity index (χ1) is 21.4. The number of terminal acetylenes is 1. The SMILES string of the molecule is C#C/C=C/c1c2nc(cc3[n-]c(cc4nc(cc5[n-]c1c(CC)c5CC)C(CC)=C4CC)c(CC)c3CC)C(CC)=C2CC.[Ni+2]. The van der Waals surface area contributed by atoms with Crippen molar-refractivity contribution in [3.63, 3.8) is 0 Å². The summed E-state index contributed by atoms with van der Waals surface area (Å²) in [6.45, 7) is 17.8. The van der Waals surface area contributed by atoms with Crippen LogP contribution in [0.1, 0.15) is 132 Å². The average Bonchev–Trinajstić information content (AvgIpc) is 3.76. The molecule has 4 nitrogen and oxygen atoms in total. The summed E-state index contributed by atoms with van der Waals surface area (Å²) in [5, 5.41) is 0. The van der Waals surface area contributed by atoms with Crippen molar-refractivity contribution in [1.29, 1.82) is 0 Å². The molecule has 0 radical (unpaired) electrons. The van der Waals surface area contributed by atoms with Crippen molar-refractivity contribution in [2.24, 2.45) is 0 Å². The summed E-state index contributed by atoms with van der Waals surface area (Å²) in [5.74, 6) is 2.73. The van der Waals surface area contributed by atoms with Crippen molar-refractivity contribution in [1.82, 2.24) is 19.9 Å². The number of fused-ring (bicyclic) bond motifs is 8. The summed E-state index contributed by atoms with van der Waals surface area (Å²) >= 11 is 0. The molecule has 0 N–H and O–H groups in total. The molecule has 5 rings (SSSR count). The maximum atomic E-state index is 5.79. The molecule has 0 fully saturated rings. The van der Waals surface area contributed by atoms with E-state index in [2.05, 4.69) is 79.5 Å². The van der Waals surface area contributed by atoms with Crippen molar-refractivity contribution in [3.8, 4) is 12.3 Å². The van der Waals surface area contributed by atoms with Gasteiger partial charge in [-0.15, -0.1) is 28.5 Å². The van der Waals surface area contributed by atoms with Gasteiger partial charge in [0.25, 0.3) is 0 Å². The van der Waals surface area contributed by atoms with Gasteiger partial charge in [-0.1, -0.05) is 102 Å². The standard InChI is InChI=1S/C40H46N4.Ni/c1-10-19-20-32-39-30(17-8)28(15-6)37(43-39)22-35-26(13-4)24(11-2)33(41-35)21-34-25(12-3)27(14-5)36(42-34)23-38-29(16-7)31(18-9)40(32)44-38;/h1,19-23H,11-18H2,2-9H3;/q-2;+2/b20-19+,33-21?,34-21?,35-22?,36-23?,37-22?,38-23?,39-32?,40-32?;. The molecule has 0 saturated carbocycles. The Bertz CT molecular complexity index is 1900. The van der Waals surface area contributed by atoms with Gasteiger partial charge in [0.1, 0.15) is 0 Å². The molecule has 0 unspecified atom stereocenters. The predicted molar refractivity (Wildman–Crippen MR) is 189 cm³/mol. The predicted octanol–water partition coefficient (Wildman–Crippen LogP) is 9.93. The Balaban J connectivity index is 0.00000461. The number of rotatable bonds is 9. The zero-order chi connectivity index (χ0) is 31.5. The molecule has 0 saturated heterocycles. The molecule has 2 aliphatic heterocycles. The molecule has 0 aromatic carbocycles. The van der Waals surface area contributed by atoms with Crippen molar-refractivity contribution in [2.45, 2.75) is 107 Å². The van der Waals surface area contributed by atoms with Crippen LogP contribution < -0.4 is 9.97 Å². The third-order valence-corrected chi connectivity index (χ3v) is 9.34. The van der Waals surface area contributed by atoms with Gasteiger partial charge in [-0.05, 0) is 91.4 Å². The molecule has 0 amide bonds. The first-order valence-corrected chi connectivity index (χ1v) is 16.7. The van der Waals surface area contributed by atoms with Crippen molar-refractivity contribution < 1.29 is 16.5 Å². The second-order valence-corrected chi connectivity index (χ2v) is 11.5. The van der Waals surface area contributed by atoms with E-state index < -0.39 is 0 Å². The molecule has 3 aromatic rings. The smallest absolute Gasteiger partial charge is 0.657 e. The number of aryl methyl sites for hydroxylation is 4. The average molecular weight is 642 g/mol. The fraction of sp³-hybridized carbons (Fsp3) is 0.400. The van der Waals surface area contributed by atoms with Gasteiger partial charge in [-0.3, -0.25) is 0 Å². The van der Waals surface area contributed by atoms with Crippen molar-refractivity contribution in [2.75, 3.05) is 0 Å². The van der Waals surface area contributed by atoms with Gasteiger partial charge >= 0.3 is 16.5 Å². The normalized spacial score (nSPS) is 13.1. The number of hydrogen-bond donors (Lipinski definition) is 0. The first kappa shape index (κ1) is 34.3. The summed E-state index contributed by atoms with van der Waals surface area (Å²) < 4.78 is 0. The summed E-state index contributed by atoms with van der Waals surface area (Å²) in [6.07, 6.45) is 16.9. The first-order valence-electron chi connectivity index (χ1n) is 16.7. The van der Waals surface area contributed by atoms with Crippen LogP contribution in [-0.4, -0.2) is 9.97 Å². The topological polar surface area (TPSA) is 54.0 Å². The minimum absolute atomic E-state index is 0. The van der Waals surface area contributed by atoms with Gasteiger partial charge in [0.2, 0.25) is 0 Å². The molecule has 236 valence electrons. The van der Waals surface area contributed by atoms with Crippen LogP contribution in [0.4, 0.5) is 0 Å². The summed E-state index contributed by atoms with van der Waals surface area (Å²) in [4.78, 5) is 21.3. The molecule has 45 heavy (non-hydrogen) atoms. The Morgan fingerprint density at radius 3 is 1.44 bits per heavy atom. The third kappa shape index (κ3) is 5.91. The van der Waals surface area contributed by atoms with Crippen LogP contribution in [0.15, 0.2) is 24.3 Å². The Hall–Kier alpha value is -3.61. The van der Waals surface area contributed by atoms with Gasteiger partial charge in [0.05, 0.1) is 22.8 Å². The summed E-state index contributed by atoms with van der Waals surface area (Å²) in [5.41, 5.74) is 19.4.